The molecular formula is C18H21Cl2N3O2. The highest BCUT2D eigenvalue weighted by Crippen LogP contribution is 2.27. The summed E-state index contributed by atoms with van der Waals surface area (Å²) in [5.74, 6) is 0.788. The molecule has 1 aliphatic rings. The number of nitrogens with zero attached hydrogens (tertiary/aromatic N) is 2. The molecule has 3 rings (SSSR count). The van der Waals surface area contributed by atoms with Gasteiger partial charge in [0.25, 0.3) is 0 Å². The lowest BCUT2D eigenvalue weighted by Crippen LogP contribution is -2.46. The van der Waals surface area contributed by atoms with Crippen LogP contribution in [0.5, 0.6) is 0 Å². The van der Waals surface area contributed by atoms with Gasteiger partial charge in [0.05, 0.1) is 21.8 Å². The van der Waals surface area contributed by atoms with Crippen LogP contribution in [0.15, 0.2) is 22.7 Å². The Morgan fingerprint density at radius 2 is 2.12 bits per heavy atom. The third-order valence-electron chi connectivity index (χ3n) is 4.65. The smallest absolute Gasteiger partial charge is 0.241 e. The standard InChI is InChI=1S/C18H21Cl2N3O2/c1-11-14(12(2)25-22-11)10-23-8-4-3-5-17(23)18(24)21-13-6-7-15(19)16(20)9-13/h6-7,9,17H,3-5,8,10H2,1-2H3,(H,21,24)/t17-/m0/s1. The van der Waals surface area contributed by atoms with Gasteiger partial charge in [-0.2, -0.15) is 0 Å². The Morgan fingerprint density at radius 1 is 1.32 bits per heavy atom. The van der Waals surface area contributed by atoms with Crippen molar-refractivity contribution in [1.29, 1.82) is 0 Å². The van der Waals surface area contributed by atoms with Crippen molar-refractivity contribution in [3.8, 4) is 0 Å². The molecule has 1 fully saturated rings. The van der Waals surface area contributed by atoms with Crippen LogP contribution in [0, 0.1) is 13.8 Å². The molecule has 25 heavy (non-hydrogen) atoms. The van der Waals surface area contributed by atoms with E-state index in [0.29, 0.717) is 22.3 Å². The van der Waals surface area contributed by atoms with Crippen LogP contribution in [0.4, 0.5) is 5.69 Å². The number of likely N-dealkylation sites (tertiary alicyclic amines) is 1. The fraction of sp³-hybridized carbons (Fsp3) is 0.444. The number of nitrogens with one attached hydrogen (secondary N) is 1. The monoisotopic (exact) mass is 381 g/mol. The van der Waals surface area contributed by atoms with Crippen LogP contribution in [-0.4, -0.2) is 28.6 Å². The maximum Gasteiger partial charge on any atom is 0.241 e. The molecule has 1 amide bonds. The van der Waals surface area contributed by atoms with Crippen molar-refractivity contribution in [2.75, 3.05) is 11.9 Å². The summed E-state index contributed by atoms with van der Waals surface area (Å²) in [6.07, 6.45) is 2.95. The summed E-state index contributed by atoms with van der Waals surface area (Å²) in [7, 11) is 0. The highest BCUT2D eigenvalue weighted by Gasteiger charge is 2.30. The minimum atomic E-state index is -0.183. The molecule has 1 saturated heterocycles. The zero-order valence-electron chi connectivity index (χ0n) is 14.3. The lowest BCUT2D eigenvalue weighted by Gasteiger charge is -2.34. The molecule has 0 saturated carbocycles. The van der Waals surface area contributed by atoms with Crippen LogP contribution >= 0.6 is 23.2 Å². The van der Waals surface area contributed by atoms with Crippen LogP contribution in [-0.2, 0) is 11.3 Å². The van der Waals surface area contributed by atoms with Crippen molar-refractivity contribution in [1.82, 2.24) is 10.1 Å². The van der Waals surface area contributed by atoms with Crippen molar-refractivity contribution in [2.45, 2.75) is 45.7 Å². The molecule has 5 nitrogen and oxygen atoms in total. The van der Waals surface area contributed by atoms with E-state index in [1.165, 1.54) is 0 Å². The Balaban J connectivity index is 1.73. The lowest BCUT2D eigenvalue weighted by molar-refractivity contribution is -0.122. The summed E-state index contributed by atoms with van der Waals surface area (Å²) in [4.78, 5) is 15.0. The van der Waals surface area contributed by atoms with E-state index in [1.54, 1.807) is 18.2 Å². The largest absolute Gasteiger partial charge is 0.361 e. The molecule has 2 aromatic rings. The third kappa shape index (κ3) is 4.17. The second kappa shape index (κ2) is 7.77. The third-order valence-corrected chi connectivity index (χ3v) is 5.38. The van der Waals surface area contributed by atoms with Crippen LogP contribution in [0.25, 0.3) is 0 Å². The molecule has 1 aliphatic heterocycles. The molecular weight excluding hydrogens is 361 g/mol. The van der Waals surface area contributed by atoms with E-state index in [0.717, 1.165) is 42.8 Å². The van der Waals surface area contributed by atoms with Crippen LogP contribution in [0.3, 0.4) is 0 Å². The second-order valence-corrected chi connectivity index (χ2v) is 7.22. The molecule has 0 aliphatic carbocycles. The highest BCUT2D eigenvalue weighted by molar-refractivity contribution is 6.42. The minimum Gasteiger partial charge on any atom is -0.361 e. The molecule has 2 heterocycles. The molecule has 7 heteroatoms. The first kappa shape index (κ1) is 18.2. The maximum atomic E-state index is 12.8. The number of anilines is 1. The summed E-state index contributed by atoms with van der Waals surface area (Å²) in [5, 5.41) is 7.86. The molecule has 0 unspecified atom stereocenters. The van der Waals surface area contributed by atoms with E-state index in [9.17, 15) is 4.79 Å². The topological polar surface area (TPSA) is 58.4 Å². The lowest BCUT2D eigenvalue weighted by atomic mass is 10.00. The maximum absolute atomic E-state index is 12.8. The Kier molecular flexibility index (Phi) is 5.67. The quantitative estimate of drug-likeness (QED) is 0.840. The number of hydrogen-bond donors (Lipinski definition) is 1. The summed E-state index contributed by atoms with van der Waals surface area (Å²) in [5.41, 5.74) is 2.60. The first-order valence-corrected chi connectivity index (χ1v) is 9.13. The van der Waals surface area contributed by atoms with Gasteiger partial charge >= 0.3 is 0 Å². The first-order chi connectivity index (χ1) is 12.0. The number of carbonyl (C=O) groups excluding carboxylic acids is 1. The number of rotatable bonds is 4. The number of aromatic nitrogens is 1. The van der Waals surface area contributed by atoms with Crippen molar-refractivity contribution >= 4 is 34.8 Å². The molecule has 0 spiro atoms. The Hall–Kier alpha value is -1.56. The number of hydrogen-bond acceptors (Lipinski definition) is 4. The molecule has 1 N–H and O–H groups in total. The Labute approximate surface area is 157 Å². The van der Waals surface area contributed by atoms with Crippen molar-refractivity contribution < 1.29 is 9.32 Å². The van der Waals surface area contributed by atoms with E-state index in [2.05, 4.69) is 15.4 Å². The molecule has 0 radical (unpaired) electrons. The summed E-state index contributed by atoms with van der Waals surface area (Å²) in [6, 6.07) is 4.93. The fourth-order valence-corrected chi connectivity index (χ4v) is 3.51. The van der Waals surface area contributed by atoms with Crippen molar-refractivity contribution in [3.63, 3.8) is 0 Å². The van der Waals surface area contributed by atoms with Crippen LogP contribution in [0.1, 0.15) is 36.3 Å². The molecule has 1 atom stereocenters. The van der Waals surface area contributed by atoms with Gasteiger partial charge in [0.15, 0.2) is 0 Å². The molecule has 0 bridgehead atoms. The van der Waals surface area contributed by atoms with Crippen molar-refractivity contribution in [3.05, 3.63) is 45.3 Å². The zero-order chi connectivity index (χ0) is 18.0. The molecule has 134 valence electrons. The number of amides is 1. The summed E-state index contributed by atoms with van der Waals surface area (Å²) >= 11 is 12.0. The van der Waals surface area contributed by atoms with Gasteiger partial charge in [-0.3, -0.25) is 9.69 Å². The minimum absolute atomic E-state index is 0.0233. The van der Waals surface area contributed by atoms with E-state index in [-0.39, 0.29) is 11.9 Å². The first-order valence-electron chi connectivity index (χ1n) is 8.37. The van der Waals surface area contributed by atoms with Gasteiger partial charge in [0, 0.05) is 17.8 Å². The average Bonchev–Trinajstić information content (AvgIpc) is 2.90. The predicted octanol–water partition coefficient (Wildman–Crippen LogP) is 4.59. The van der Waals surface area contributed by atoms with Gasteiger partial charge in [-0.05, 0) is 51.4 Å². The Bertz CT molecular complexity index is 756. The highest BCUT2D eigenvalue weighted by atomic mass is 35.5. The Morgan fingerprint density at radius 3 is 2.80 bits per heavy atom. The van der Waals surface area contributed by atoms with Gasteiger partial charge in [-0.15, -0.1) is 0 Å². The number of aryl methyl sites for hydroxylation is 2. The van der Waals surface area contributed by atoms with Gasteiger partial charge < -0.3 is 9.84 Å². The molecule has 1 aromatic heterocycles. The van der Waals surface area contributed by atoms with Crippen molar-refractivity contribution in [2.24, 2.45) is 0 Å². The van der Waals surface area contributed by atoms with Gasteiger partial charge in [0.1, 0.15) is 5.76 Å². The van der Waals surface area contributed by atoms with E-state index in [1.807, 2.05) is 13.8 Å². The fourth-order valence-electron chi connectivity index (χ4n) is 3.21. The number of piperidine rings is 1. The SMILES string of the molecule is Cc1noc(C)c1CN1CCCC[C@H]1C(=O)Nc1ccc(Cl)c(Cl)c1. The summed E-state index contributed by atoms with van der Waals surface area (Å²) in [6.45, 7) is 5.38. The second-order valence-electron chi connectivity index (χ2n) is 6.40. The summed E-state index contributed by atoms with van der Waals surface area (Å²) < 4.78 is 5.25. The van der Waals surface area contributed by atoms with Gasteiger partial charge in [0.2, 0.25) is 5.91 Å². The number of halogens is 2. The number of carbonyl (C=O) groups is 1. The van der Waals surface area contributed by atoms with E-state index < -0.39 is 0 Å². The van der Waals surface area contributed by atoms with Crippen LogP contribution in [0.2, 0.25) is 10.0 Å². The normalized spacial score (nSPS) is 18.3. The number of benzene rings is 1. The average molecular weight is 382 g/mol. The predicted molar refractivity (Wildman–Crippen MR) is 99.1 cm³/mol. The van der Waals surface area contributed by atoms with Gasteiger partial charge in [-0.25, -0.2) is 0 Å². The molecule has 1 aromatic carbocycles. The van der Waals surface area contributed by atoms with E-state index >= 15 is 0 Å². The van der Waals surface area contributed by atoms with E-state index in [4.69, 9.17) is 27.7 Å². The van der Waals surface area contributed by atoms with Gasteiger partial charge in [-0.1, -0.05) is 34.8 Å². The van der Waals surface area contributed by atoms with Crippen LogP contribution < -0.4 is 5.32 Å². The zero-order valence-corrected chi connectivity index (χ0v) is 15.8.